The average Bonchev–Trinajstić information content (AvgIpc) is 2.03. The SMILES string of the molecule is O=COCC1=CN[CH]C=C1. The highest BCUT2D eigenvalue weighted by molar-refractivity contribution is 5.38. The third-order valence-electron chi connectivity index (χ3n) is 1.09. The van der Waals surface area contributed by atoms with E-state index in [9.17, 15) is 4.79 Å². The van der Waals surface area contributed by atoms with E-state index in [1.54, 1.807) is 12.7 Å². The Labute approximate surface area is 59.4 Å². The van der Waals surface area contributed by atoms with Gasteiger partial charge >= 0.3 is 0 Å². The molecule has 0 saturated carbocycles. The Kier molecular flexibility index (Phi) is 2.55. The van der Waals surface area contributed by atoms with Crippen LogP contribution in [0.4, 0.5) is 0 Å². The summed E-state index contributed by atoms with van der Waals surface area (Å²) in [6, 6.07) is 0. The summed E-state index contributed by atoms with van der Waals surface area (Å²) in [4.78, 5) is 9.75. The second kappa shape index (κ2) is 3.71. The van der Waals surface area contributed by atoms with Crippen molar-refractivity contribution in [2.45, 2.75) is 0 Å². The fraction of sp³-hybridized carbons (Fsp3) is 0.143. The number of dihydropyridines is 1. The van der Waals surface area contributed by atoms with E-state index in [2.05, 4.69) is 10.1 Å². The molecule has 3 heteroatoms. The molecule has 0 bridgehead atoms. The van der Waals surface area contributed by atoms with Crippen LogP contribution in [-0.4, -0.2) is 13.1 Å². The number of hydrogen-bond donors (Lipinski definition) is 1. The normalized spacial score (nSPS) is 15.4. The Morgan fingerprint density at radius 1 is 1.70 bits per heavy atom. The maximum atomic E-state index is 9.75. The van der Waals surface area contributed by atoms with Crippen molar-refractivity contribution >= 4 is 6.47 Å². The molecule has 1 heterocycles. The van der Waals surface area contributed by atoms with Crippen molar-refractivity contribution in [3.8, 4) is 0 Å². The number of nitrogens with one attached hydrogen (secondary N) is 1. The van der Waals surface area contributed by atoms with E-state index in [0.717, 1.165) is 5.57 Å². The lowest BCUT2D eigenvalue weighted by Gasteiger charge is -2.05. The van der Waals surface area contributed by atoms with Gasteiger partial charge in [0.25, 0.3) is 6.47 Å². The van der Waals surface area contributed by atoms with Crippen LogP contribution in [0.2, 0.25) is 0 Å². The molecule has 53 valence electrons. The minimum Gasteiger partial charge on any atom is -0.463 e. The molecule has 0 aromatic heterocycles. The Morgan fingerprint density at radius 2 is 2.60 bits per heavy atom. The predicted octanol–water partition coefficient (Wildman–Crippen LogP) is 0.364. The molecule has 0 amide bonds. The Bertz CT molecular complexity index is 172. The fourth-order valence-electron chi connectivity index (χ4n) is 0.651. The number of ether oxygens (including phenoxy) is 1. The number of carbonyl (C=O) groups excluding carboxylic acids is 1. The summed E-state index contributed by atoms with van der Waals surface area (Å²) < 4.78 is 4.52. The van der Waals surface area contributed by atoms with Crippen molar-refractivity contribution in [1.29, 1.82) is 0 Å². The van der Waals surface area contributed by atoms with Crippen molar-refractivity contribution in [2.24, 2.45) is 0 Å². The second-order valence-corrected chi connectivity index (χ2v) is 1.82. The molecular formula is C7H8NO2. The van der Waals surface area contributed by atoms with E-state index >= 15 is 0 Å². The standard InChI is InChI=1S/C7H8NO2/c9-6-10-5-7-2-1-3-8-4-7/h1-4,6,8H,5H2. The van der Waals surface area contributed by atoms with Gasteiger partial charge in [-0.05, 0) is 0 Å². The van der Waals surface area contributed by atoms with Gasteiger partial charge in [-0.2, -0.15) is 0 Å². The van der Waals surface area contributed by atoms with E-state index in [-0.39, 0.29) is 0 Å². The molecule has 1 rings (SSSR count). The monoisotopic (exact) mass is 138 g/mol. The highest BCUT2D eigenvalue weighted by Crippen LogP contribution is 2.00. The smallest absolute Gasteiger partial charge is 0.293 e. The van der Waals surface area contributed by atoms with E-state index in [1.807, 2.05) is 12.2 Å². The van der Waals surface area contributed by atoms with E-state index in [0.29, 0.717) is 13.1 Å². The zero-order valence-corrected chi connectivity index (χ0v) is 5.41. The highest BCUT2D eigenvalue weighted by Gasteiger charge is 1.95. The van der Waals surface area contributed by atoms with E-state index < -0.39 is 0 Å². The third kappa shape index (κ3) is 1.93. The Hall–Kier alpha value is -1.25. The quantitative estimate of drug-likeness (QED) is 0.572. The van der Waals surface area contributed by atoms with E-state index in [1.165, 1.54) is 0 Å². The van der Waals surface area contributed by atoms with Crippen LogP contribution in [-0.2, 0) is 9.53 Å². The molecule has 0 aromatic rings. The van der Waals surface area contributed by atoms with Gasteiger partial charge in [0.15, 0.2) is 0 Å². The zero-order valence-electron chi connectivity index (χ0n) is 5.41. The van der Waals surface area contributed by atoms with Crippen molar-refractivity contribution in [3.05, 3.63) is 30.5 Å². The number of carbonyl (C=O) groups is 1. The summed E-state index contributed by atoms with van der Waals surface area (Å²) in [5.41, 5.74) is 0.953. The second-order valence-electron chi connectivity index (χ2n) is 1.82. The largest absolute Gasteiger partial charge is 0.463 e. The molecule has 1 aliphatic heterocycles. The topological polar surface area (TPSA) is 38.3 Å². The van der Waals surface area contributed by atoms with Gasteiger partial charge in [-0.15, -0.1) is 0 Å². The molecule has 0 saturated heterocycles. The number of hydrogen-bond acceptors (Lipinski definition) is 3. The van der Waals surface area contributed by atoms with Gasteiger partial charge in [0.1, 0.15) is 6.61 Å². The van der Waals surface area contributed by atoms with Gasteiger partial charge in [0.2, 0.25) is 0 Å². The third-order valence-corrected chi connectivity index (χ3v) is 1.09. The lowest BCUT2D eigenvalue weighted by atomic mass is 10.2. The summed E-state index contributed by atoms with van der Waals surface area (Å²) in [7, 11) is 0. The summed E-state index contributed by atoms with van der Waals surface area (Å²) in [6.45, 7) is 2.57. The molecule has 0 aromatic carbocycles. The van der Waals surface area contributed by atoms with Gasteiger partial charge in [-0.1, -0.05) is 12.2 Å². The Morgan fingerprint density at radius 3 is 3.20 bits per heavy atom. The summed E-state index contributed by atoms with van der Waals surface area (Å²) in [5.74, 6) is 0. The number of rotatable bonds is 3. The van der Waals surface area contributed by atoms with Gasteiger partial charge < -0.3 is 10.1 Å². The first-order valence-corrected chi connectivity index (χ1v) is 2.94. The van der Waals surface area contributed by atoms with Gasteiger partial charge in [-0.3, -0.25) is 4.79 Å². The van der Waals surface area contributed by atoms with Gasteiger partial charge in [0, 0.05) is 11.8 Å². The minimum atomic E-state index is 0.334. The van der Waals surface area contributed by atoms with Crippen LogP contribution in [0.1, 0.15) is 0 Å². The molecule has 1 aliphatic rings. The lowest BCUT2D eigenvalue weighted by Crippen LogP contribution is -2.06. The van der Waals surface area contributed by atoms with Gasteiger partial charge in [-0.25, -0.2) is 0 Å². The van der Waals surface area contributed by atoms with Crippen LogP contribution in [0.3, 0.4) is 0 Å². The first-order chi connectivity index (χ1) is 4.93. The molecule has 1 N–H and O–H groups in total. The molecule has 3 nitrogen and oxygen atoms in total. The van der Waals surface area contributed by atoms with Gasteiger partial charge in [0.05, 0.1) is 6.54 Å². The minimum absolute atomic E-state index is 0.334. The van der Waals surface area contributed by atoms with Crippen molar-refractivity contribution in [3.63, 3.8) is 0 Å². The molecule has 0 aliphatic carbocycles. The maximum absolute atomic E-state index is 9.75. The van der Waals surface area contributed by atoms with E-state index in [4.69, 9.17) is 0 Å². The first kappa shape index (κ1) is 6.86. The van der Waals surface area contributed by atoms with Crippen molar-refractivity contribution in [1.82, 2.24) is 5.32 Å². The molecular weight excluding hydrogens is 130 g/mol. The molecule has 0 unspecified atom stereocenters. The molecule has 10 heavy (non-hydrogen) atoms. The summed E-state index contributed by atoms with van der Waals surface area (Å²) in [6.07, 6.45) is 5.51. The van der Waals surface area contributed by atoms with Crippen molar-refractivity contribution in [2.75, 3.05) is 6.61 Å². The fourth-order valence-corrected chi connectivity index (χ4v) is 0.651. The lowest BCUT2D eigenvalue weighted by molar-refractivity contribution is -0.127. The van der Waals surface area contributed by atoms with Crippen LogP contribution in [0.5, 0.6) is 0 Å². The molecule has 0 fully saturated rings. The maximum Gasteiger partial charge on any atom is 0.293 e. The van der Waals surface area contributed by atoms with Crippen LogP contribution in [0, 0.1) is 6.54 Å². The first-order valence-electron chi connectivity index (χ1n) is 2.94. The predicted molar refractivity (Wildman–Crippen MR) is 36.7 cm³/mol. The molecule has 0 spiro atoms. The summed E-state index contributed by atoms with van der Waals surface area (Å²) in [5, 5.41) is 2.87. The Balaban J connectivity index is 2.32. The van der Waals surface area contributed by atoms with Crippen LogP contribution < -0.4 is 5.32 Å². The van der Waals surface area contributed by atoms with Crippen LogP contribution in [0.25, 0.3) is 0 Å². The van der Waals surface area contributed by atoms with Crippen LogP contribution in [0.15, 0.2) is 23.9 Å². The summed E-state index contributed by atoms with van der Waals surface area (Å²) >= 11 is 0. The van der Waals surface area contributed by atoms with Crippen LogP contribution >= 0.6 is 0 Å². The molecule has 1 radical (unpaired) electrons. The van der Waals surface area contributed by atoms with Crippen molar-refractivity contribution < 1.29 is 9.53 Å². The molecule has 0 atom stereocenters. The average molecular weight is 138 g/mol. The zero-order chi connectivity index (χ0) is 7.23. The highest BCUT2D eigenvalue weighted by atomic mass is 16.5.